The first-order chi connectivity index (χ1) is 26.7. The molecule has 1 aromatic rings. The van der Waals surface area contributed by atoms with Crippen molar-refractivity contribution in [2.75, 3.05) is 27.2 Å². The Labute approximate surface area is 343 Å². The van der Waals surface area contributed by atoms with Crippen molar-refractivity contribution in [1.29, 1.82) is 5.26 Å². The predicted molar refractivity (Wildman–Crippen MR) is 219 cm³/mol. The van der Waals surface area contributed by atoms with Crippen LogP contribution < -0.4 is 21.3 Å². The van der Waals surface area contributed by atoms with Crippen LogP contribution in [-0.4, -0.2) is 108 Å². The van der Waals surface area contributed by atoms with Gasteiger partial charge in [0, 0.05) is 49.7 Å². The molecule has 0 saturated heterocycles. The second kappa shape index (κ2) is 20.4. The summed E-state index contributed by atoms with van der Waals surface area (Å²) in [7, 11) is 3.28. The third-order valence-corrected chi connectivity index (χ3v) is 9.88. The fraction of sp³-hybridized carbons (Fsp3) is 0.581. The zero-order chi connectivity index (χ0) is 44.3. The second-order valence-corrected chi connectivity index (χ2v) is 17.6. The van der Waals surface area contributed by atoms with Gasteiger partial charge in [-0.15, -0.1) is 0 Å². The van der Waals surface area contributed by atoms with E-state index in [4.69, 9.17) is 4.74 Å². The highest BCUT2D eigenvalue weighted by Crippen LogP contribution is 2.30. The standard InChI is InChI=1S/C43H63N7O8/c1-26(2)31(49(13)39(56)36(41(4,5)6)48-38(55)35(45-12)43(10,11)29-16-14-15-28(24-29)25-44)23-27(3)37(54)47-30(40(57)58-42(7,8)9)17-18-32(51)46-21-22-50-33(52)19-20-34(50)53/h14-16,19-20,23-24,26,30-31,35-36,45H,17-18,21-22H2,1-13H3,(H,46,51)(H,47,54)(H,48,55)/b27-23+/t30-,31-,35-,36?/m1/s1. The van der Waals surface area contributed by atoms with E-state index in [9.17, 15) is 38.8 Å². The lowest BCUT2D eigenvalue weighted by Gasteiger charge is -2.40. The summed E-state index contributed by atoms with van der Waals surface area (Å²) >= 11 is 0. The van der Waals surface area contributed by atoms with Gasteiger partial charge in [0.25, 0.3) is 11.8 Å². The number of nitrogens with zero attached hydrogens (tertiary/aromatic N) is 3. The molecule has 1 aromatic carbocycles. The maximum Gasteiger partial charge on any atom is 0.329 e. The molecular weight excluding hydrogens is 743 g/mol. The van der Waals surface area contributed by atoms with Crippen molar-refractivity contribution in [3.05, 3.63) is 59.2 Å². The van der Waals surface area contributed by atoms with Gasteiger partial charge < -0.3 is 30.9 Å². The molecule has 0 aromatic heterocycles. The van der Waals surface area contributed by atoms with Crippen LogP contribution in [0.2, 0.25) is 0 Å². The lowest BCUT2D eigenvalue weighted by Crippen LogP contribution is -2.61. The van der Waals surface area contributed by atoms with E-state index in [0.29, 0.717) is 5.56 Å². The maximum absolute atomic E-state index is 14.4. The molecule has 6 amide bonds. The van der Waals surface area contributed by atoms with Crippen LogP contribution in [0.5, 0.6) is 0 Å². The first-order valence-corrected chi connectivity index (χ1v) is 19.5. The van der Waals surface area contributed by atoms with Gasteiger partial charge in [-0.25, -0.2) is 4.79 Å². The highest BCUT2D eigenvalue weighted by Gasteiger charge is 2.42. The van der Waals surface area contributed by atoms with Gasteiger partial charge in [0.15, 0.2) is 0 Å². The number of carbonyl (C=O) groups is 7. The third-order valence-electron chi connectivity index (χ3n) is 9.88. The lowest BCUT2D eigenvalue weighted by molar-refractivity contribution is -0.158. The van der Waals surface area contributed by atoms with Gasteiger partial charge in [-0.1, -0.05) is 66.7 Å². The van der Waals surface area contributed by atoms with Crippen LogP contribution in [0, 0.1) is 22.7 Å². The number of nitrogens with one attached hydrogen (secondary N) is 4. The number of likely N-dealkylation sites (N-methyl/N-ethyl adjacent to an activating group) is 2. The van der Waals surface area contributed by atoms with Crippen molar-refractivity contribution in [1.82, 2.24) is 31.1 Å². The minimum Gasteiger partial charge on any atom is -0.458 e. The molecule has 0 aliphatic carbocycles. The van der Waals surface area contributed by atoms with E-state index in [2.05, 4.69) is 27.3 Å². The van der Waals surface area contributed by atoms with Gasteiger partial charge in [-0.2, -0.15) is 5.26 Å². The van der Waals surface area contributed by atoms with Crippen LogP contribution in [0.3, 0.4) is 0 Å². The Kier molecular flexibility index (Phi) is 17.1. The number of nitriles is 1. The van der Waals surface area contributed by atoms with E-state index >= 15 is 0 Å². The van der Waals surface area contributed by atoms with E-state index in [1.54, 1.807) is 66.1 Å². The minimum absolute atomic E-state index is 0.0116. The zero-order valence-corrected chi connectivity index (χ0v) is 36.4. The van der Waals surface area contributed by atoms with Crippen LogP contribution in [-0.2, 0) is 43.7 Å². The fourth-order valence-corrected chi connectivity index (χ4v) is 6.50. The smallest absolute Gasteiger partial charge is 0.329 e. The molecule has 0 bridgehead atoms. The van der Waals surface area contributed by atoms with Gasteiger partial charge >= 0.3 is 5.97 Å². The summed E-state index contributed by atoms with van der Waals surface area (Å²) in [4.78, 5) is 94.0. The summed E-state index contributed by atoms with van der Waals surface area (Å²) < 4.78 is 5.55. The van der Waals surface area contributed by atoms with Crippen LogP contribution in [0.4, 0.5) is 0 Å². The fourth-order valence-electron chi connectivity index (χ4n) is 6.50. The second-order valence-electron chi connectivity index (χ2n) is 17.6. The summed E-state index contributed by atoms with van der Waals surface area (Å²) in [5.74, 6) is -3.71. The third kappa shape index (κ3) is 13.6. The summed E-state index contributed by atoms with van der Waals surface area (Å²) in [6, 6.07) is 5.64. The highest BCUT2D eigenvalue weighted by atomic mass is 16.6. The average Bonchev–Trinajstić information content (AvgIpc) is 3.44. The number of hydrogen-bond donors (Lipinski definition) is 4. The largest absolute Gasteiger partial charge is 0.458 e. The number of esters is 1. The first kappa shape index (κ1) is 48.8. The molecule has 0 saturated carbocycles. The Morgan fingerprint density at radius 3 is 2.07 bits per heavy atom. The average molecular weight is 806 g/mol. The maximum atomic E-state index is 14.4. The Bertz CT molecular complexity index is 1790. The van der Waals surface area contributed by atoms with E-state index < -0.39 is 76.1 Å². The Hall–Kier alpha value is -5.36. The SMILES string of the molecule is CN[C@H](C(=O)NC(C(=O)N(C)[C@H](/C=C(\C)C(=O)N[C@H](CCC(=O)NCCN1C(=O)C=CC1=O)C(=O)OC(C)(C)C)C(C)C)C(C)(C)C)C(C)(C)c1cccc(C#N)c1. The monoisotopic (exact) mass is 805 g/mol. The lowest BCUT2D eigenvalue weighted by atomic mass is 9.76. The van der Waals surface area contributed by atoms with E-state index in [-0.39, 0.29) is 43.3 Å². The number of ether oxygens (including phenoxy) is 1. The summed E-state index contributed by atoms with van der Waals surface area (Å²) in [5.41, 5.74) is -0.936. The van der Waals surface area contributed by atoms with E-state index in [1.165, 1.54) is 4.90 Å². The Morgan fingerprint density at radius 1 is 0.948 bits per heavy atom. The molecule has 2 rings (SSSR count). The van der Waals surface area contributed by atoms with Crippen LogP contribution in [0.25, 0.3) is 0 Å². The van der Waals surface area contributed by atoms with Crippen molar-refractivity contribution in [2.24, 2.45) is 11.3 Å². The van der Waals surface area contributed by atoms with Gasteiger partial charge in [0.05, 0.1) is 23.7 Å². The molecule has 1 aliphatic rings. The predicted octanol–water partition coefficient (Wildman–Crippen LogP) is 3.03. The van der Waals surface area contributed by atoms with Gasteiger partial charge in [-0.05, 0) is 70.2 Å². The van der Waals surface area contributed by atoms with E-state index in [1.807, 2.05) is 54.5 Å². The van der Waals surface area contributed by atoms with Gasteiger partial charge in [-0.3, -0.25) is 33.7 Å². The number of benzene rings is 1. The van der Waals surface area contributed by atoms with Crippen molar-refractivity contribution in [3.63, 3.8) is 0 Å². The number of rotatable bonds is 18. The molecule has 4 atom stereocenters. The molecule has 15 heteroatoms. The zero-order valence-electron chi connectivity index (χ0n) is 36.4. The summed E-state index contributed by atoms with van der Waals surface area (Å²) in [5, 5.41) is 20.9. The molecule has 0 fully saturated rings. The van der Waals surface area contributed by atoms with Crippen molar-refractivity contribution in [3.8, 4) is 6.07 Å². The summed E-state index contributed by atoms with van der Waals surface area (Å²) in [6.07, 6.45) is 3.67. The number of amides is 6. The van der Waals surface area contributed by atoms with Gasteiger partial charge in [0.2, 0.25) is 23.6 Å². The molecule has 318 valence electrons. The van der Waals surface area contributed by atoms with Crippen LogP contribution >= 0.6 is 0 Å². The van der Waals surface area contributed by atoms with Gasteiger partial charge in [0.1, 0.15) is 17.7 Å². The van der Waals surface area contributed by atoms with Crippen molar-refractivity contribution < 1.29 is 38.3 Å². The number of carbonyl (C=O) groups excluding carboxylic acids is 7. The van der Waals surface area contributed by atoms with Crippen LogP contribution in [0.15, 0.2) is 48.1 Å². The molecule has 58 heavy (non-hydrogen) atoms. The highest BCUT2D eigenvalue weighted by molar-refractivity contribution is 6.12. The summed E-state index contributed by atoms with van der Waals surface area (Å²) in [6.45, 7) is 19.7. The molecule has 0 spiro atoms. The first-order valence-electron chi connectivity index (χ1n) is 19.5. The normalized spacial score (nSPS) is 15.6. The number of imide groups is 1. The van der Waals surface area contributed by atoms with Crippen molar-refractivity contribution >= 4 is 41.4 Å². The molecule has 1 heterocycles. The molecule has 1 aliphatic heterocycles. The minimum atomic E-state index is -1.20. The Balaban J connectivity index is 2.27. The van der Waals surface area contributed by atoms with Crippen LogP contribution in [0.1, 0.15) is 100 Å². The Morgan fingerprint density at radius 2 is 1.55 bits per heavy atom. The molecule has 15 nitrogen and oxygen atoms in total. The quantitative estimate of drug-likeness (QED) is 0.0970. The number of hydrogen-bond acceptors (Lipinski definition) is 10. The molecule has 4 N–H and O–H groups in total. The van der Waals surface area contributed by atoms with Crippen molar-refractivity contribution in [2.45, 2.75) is 124 Å². The molecule has 1 unspecified atom stereocenters. The molecule has 0 radical (unpaired) electrons. The topological polar surface area (TPSA) is 207 Å². The van der Waals surface area contributed by atoms with E-state index in [0.717, 1.165) is 22.6 Å². The molecular formula is C43H63N7O8.